The van der Waals surface area contributed by atoms with E-state index in [1.165, 1.54) is 0 Å². The number of rotatable bonds is 7. The largest absolute Gasteiger partial charge is 0.489 e. The molecule has 0 bridgehead atoms. The SMILES string of the molecule is Cc1ccc(-c2cc3ccccn3c2C(=O)C(=O)Nc2ccc(OCc3ccccc3)cc2)cc1. The predicted molar refractivity (Wildman–Crippen MR) is 138 cm³/mol. The lowest BCUT2D eigenvalue weighted by Crippen LogP contribution is -2.24. The van der Waals surface area contributed by atoms with Crippen molar-refractivity contribution >= 4 is 22.9 Å². The van der Waals surface area contributed by atoms with Crippen molar-refractivity contribution in [2.75, 3.05) is 5.32 Å². The minimum absolute atomic E-state index is 0.338. The van der Waals surface area contributed by atoms with Crippen molar-refractivity contribution in [2.45, 2.75) is 13.5 Å². The van der Waals surface area contributed by atoms with E-state index >= 15 is 0 Å². The van der Waals surface area contributed by atoms with Crippen molar-refractivity contribution < 1.29 is 14.3 Å². The van der Waals surface area contributed by atoms with Gasteiger partial charge in [0, 0.05) is 23.0 Å². The molecule has 0 saturated heterocycles. The zero-order chi connectivity index (χ0) is 24.2. The van der Waals surface area contributed by atoms with Crippen LogP contribution in [0.1, 0.15) is 21.6 Å². The van der Waals surface area contributed by atoms with Gasteiger partial charge in [-0.15, -0.1) is 0 Å². The Hall–Kier alpha value is -4.64. The molecular weight excluding hydrogens is 436 g/mol. The summed E-state index contributed by atoms with van der Waals surface area (Å²) in [5.41, 5.74) is 5.51. The highest BCUT2D eigenvalue weighted by atomic mass is 16.5. The van der Waals surface area contributed by atoms with E-state index < -0.39 is 11.7 Å². The van der Waals surface area contributed by atoms with E-state index in [0.29, 0.717) is 23.7 Å². The predicted octanol–water partition coefficient (Wildman–Crippen LogP) is 6.32. The van der Waals surface area contributed by atoms with Crippen molar-refractivity contribution in [2.24, 2.45) is 0 Å². The summed E-state index contributed by atoms with van der Waals surface area (Å²) in [5, 5.41) is 2.73. The van der Waals surface area contributed by atoms with Crippen molar-refractivity contribution in [1.29, 1.82) is 0 Å². The highest BCUT2D eigenvalue weighted by Gasteiger charge is 2.24. The lowest BCUT2D eigenvalue weighted by atomic mass is 10.0. The van der Waals surface area contributed by atoms with Gasteiger partial charge in [0.1, 0.15) is 18.1 Å². The summed E-state index contributed by atoms with van der Waals surface area (Å²) in [5.74, 6) is -0.617. The minimum Gasteiger partial charge on any atom is -0.489 e. The Morgan fingerprint density at radius 3 is 2.29 bits per heavy atom. The van der Waals surface area contributed by atoms with Gasteiger partial charge in [-0.25, -0.2) is 0 Å². The first-order valence-corrected chi connectivity index (χ1v) is 11.4. The first kappa shape index (κ1) is 22.2. The van der Waals surface area contributed by atoms with Gasteiger partial charge < -0.3 is 14.5 Å². The maximum Gasteiger partial charge on any atom is 0.298 e. The summed E-state index contributed by atoms with van der Waals surface area (Å²) in [4.78, 5) is 26.3. The quantitative estimate of drug-likeness (QED) is 0.229. The van der Waals surface area contributed by atoms with Gasteiger partial charge in [0.15, 0.2) is 0 Å². The molecule has 0 spiro atoms. The molecule has 3 aromatic carbocycles. The summed E-state index contributed by atoms with van der Waals surface area (Å²) in [6, 6.07) is 32.4. The number of nitrogens with one attached hydrogen (secondary N) is 1. The van der Waals surface area contributed by atoms with Crippen LogP contribution in [0.5, 0.6) is 5.75 Å². The van der Waals surface area contributed by atoms with Crippen LogP contribution in [0, 0.1) is 6.92 Å². The number of Topliss-reactive ketones (excluding diaryl/α,β-unsaturated/α-hetero) is 1. The maximum absolute atomic E-state index is 13.4. The van der Waals surface area contributed by atoms with Crippen LogP contribution in [0.4, 0.5) is 5.69 Å². The van der Waals surface area contributed by atoms with Gasteiger partial charge in [0.2, 0.25) is 0 Å². The lowest BCUT2D eigenvalue weighted by Gasteiger charge is -2.09. The van der Waals surface area contributed by atoms with Crippen LogP contribution in [-0.4, -0.2) is 16.1 Å². The summed E-state index contributed by atoms with van der Waals surface area (Å²) >= 11 is 0. The molecule has 0 aliphatic heterocycles. The third-order valence-corrected chi connectivity index (χ3v) is 5.82. The Kier molecular flexibility index (Phi) is 6.14. The van der Waals surface area contributed by atoms with Gasteiger partial charge >= 0.3 is 0 Å². The van der Waals surface area contributed by atoms with E-state index in [2.05, 4.69) is 5.32 Å². The number of hydrogen-bond acceptors (Lipinski definition) is 3. The van der Waals surface area contributed by atoms with E-state index in [1.807, 2.05) is 85.8 Å². The lowest BCUT2D eigenvalue weighted by molar-refractivity contribution is -0.112. The smallest absolute Gasteiger partial charge is 0.298 e. The second-order valence-corrected chi connectivity index (χ2v) is 8.35. The van der Waals surface area contributed by atoms with E-state index in [9.17, 15) is 9.59 Å². The molecule has 0 saturated carbocycles. The Balaban J connectivity index is 1.35. The number of hydrogen-bond donors (Lipinski definition) is 1. The molecule has 172 valence electrons. The molecule has 2 heterocycles. The summed E-state index contributed by atoms with van der Waals surface area (Å²) in [6.45, 7) is 2.46. The highest BCUT2D eigenvalue weighted by Crippen LogP contribution is 2.29. The highest BCUT2D eigenvalue weighted by molar-refractivity contribution is 6.47. The molecule has 0 unspecified atom stereocenters. The standard InChI is InChI=1S/C30H24N2O3/c1-21-10-12-23(13-11-21)27-19-25-9-5-6-18-32(25)28(27)29(33)30(34)31-24-14-16-26(17-15-24)35-20-22-7-3-2-4-8-22/h2-19H,20H2,1H3,(H,31,34). The minimum atomic E-state index is -0.694. The van der Waals surface area contributed by atoms with Crippen molar-refractivity contribution in [1.82, 2.24) is 4.40 Å². The third kappa shape index (κ3) is 4.84. The van der Waals surface area contributed by atoms with Crippen LogP contribution in [0.25, 0.3) is 16.6 Å². The topological polar surface area (TPSA) is 59.8 Å². The second-order valence-electron chi connectivity index (χ2n) is 8.35. The van der Waals surface area contributed by atoms with Crippen LogP contribution in [0.3, 0.4) is 0 Å². The van der Waals surface area contributed by atoms with Crippen LogP contribution in [-0.2, 0) is 11.4 Å². The number of fused-ring (bicyclic) bond motifs is 1. The third-order valence-electron chi connectivity index (χ3n) is 5.82. The van der Waals surface area contributed by atoms with Gasteiger partial charge in [0.05, 0.1) is 0 Å². The Morgan fingerprint density at radius 1 is 0.829 bits per heavy atom. The van der Waals surface area contributed by atoms with Crippen molar-refractivity contribution in [3.05, 3.63) is 126 Å². The molecule has 5 aromatic rings. The number of amides is 1. The summed E-state index contributed by atoms with van der Waals surface area (Å²) < 4.78 is 7.56. The van der Waals surface area contributed by atoms with Crippen LogP contribution < -0.4 is 10.1 Å². The zero-order valence-corrected chi connectivity index (χ0v) is 19.3. The molecule has 5 heteroatoms. The fourth-order valence-electron chi connectivity index (χ4n) is 3.98. The molecule has 0 aliphatic rings. The van der Waals surface area contributed by atoms with Gasteiger partial charge in [-0.05, 0) is 60.5 Å². The first-order chi connectivity index (χ1) is 17.1. The zero-order valence-electron chi connectivity index (χ0n) is 19.3. The number of benzene rings is 3. The van der Waals surface area contributed by atoms with Gasteiger partial charge in [-0.3, -0.25) is 9.59 Å². The van der Waals surface area contributed by atoms with Gasteiger partial charge in [0.25, 0.3) is 11.7 Å². The molecule has 2 aromatic heterocycles. The molecule has 35 heavy (non-hydrogen) atoms. The number of ketones is 1. The summed E-state index contributed by atoms with van der Waals surface area (Å²) in [6.07, 6.45) is 1.80. The molecule has 5 rings (SSSR count). The Bertz CT molecular complexity index is 1480. The van der Waals surface area contributed by atoms with Crippen LogP contribution in [0.15, 0.2) is 109 Å². The molecule has 0 fully saturated rings. The van der Waals surface area contributed by atoms with Crippen LogP contribution >= 0.6 is 0 Å². The van der Waals surface area contributed by atoms with Gasteiger partial charge in [-0.2, -0.15) is 0 Å². The second kappa shape index (κ2) is 9.69. The number of nitrogens with zero attached hydrogens (tertiary/aromatic N) is 1. The summed E-state index contributed by atoms with van der Waals surface area (Å²) in [7, 11) is 0. The monoisotopic (exact) mass is 460 g/mol. The molecule has 0 aliphatic carbocycles. The average Bonchev–Trinajstić information content (AvgIpc) is 3.28. The number of pyridine rings is 1. The van der Waals surface area contributed by atoms with Crippen molar-refractivity contribution in [3.8, 4) is 16.9 Å². The van der Waals surface area contributed by atoms with E-state index in [-0.39, 0.29) is 0 Å². The van der Waals surface area contributed by atoms with E-state index in [4.69, 9.17) is 4.74 Å². The number of ether oxygens (including phenoxy) is 1. The number of carbonyl (C=O) groups excluding carboxylic acids is 2. The first-order valence-electron chi connectivity index (χ1n) is 11.4. The number of aromatic nitrogens is 1. The molecule has 0 atom stereocenters. The molecule has 0 radical (unpaired) electrons. The fourth-order valence-corrected chi connectivity index (χ4v) is 3.98. The van der Waals surface area contributed by atoms with Crippen molar-refractivity contribution in [3.63, 3.8) is 0 Å². The van der Waals surface area contributed by atoms with Crippen LogP contribution in [0.2, 0.25) is 0 Å². The van der Waals surface area contributed by atoms with Gasteiger partial charge in [-0.1, -0.05) is 66.2 Å². The number of aryl methyl sites for hydroxylation is 1. The molecular formula is C30H24N2O3. The maximum atomic E-state index is 13.4. The Labute approximate surface area is 203 Å². The van der Waals surface area contributed by atoms with E-state index in [0.717, 1.165) is 27.8 Å². The van der Waals surface area contributed by atoms with E-state index in [1.54, 1.807) is 34.9 Å². The fraction of sp³-hybridized carbons (Fsp3) is 0.0667. The molecule has 1 N–H and O–H groups in total. The molecule has 5 nitrogen and oxygen atoms in total. The number of carbonyl (C=O) groups is 2. The number of anilines is 1. The Morgan fingerprint density at radius 2 is 1.54 bits per heavy atom. The normalized spacial score (nSPS) is 10.8. The molecule has 1 amide bonds. The average molecular weight is 461 g/mol.